The minimum absolute atomic E-state index is 0.107. The number of rotatable bonds is 5. The Labute approximate surface area is 125 Å². The molecule has 0 radical (unpaired) electrons. The first-order valence-electron chi connectivity index (χ1n) is 7.76. The fraction of sp³-hybridized carbons (Fsp3) is 0.938. The Morgan fingerprint density at radius 2 is 1.95 bits per heavy atom. The van der Waals surface area contributed by atoms with Gasteiger partial charge in [0.2, 0.25) is 0 Å². The highest BCUT2D eigenvalue weighted by Crippen LogP contribution is 2.47. The predicted octanol–water partition coefficient (Wildman–Crippen LogP) is 4.52. The fourth-order valence-electron chi connectivity index (χ4n) is 2.71. The summed E-state index contributed by atoms with van der Waals surface area (Å²) in [5.74, 6) is -0.107. The number of carbonyl (C=O) groups excluding carboxylic acids is 1. The minimum atomic E-state index is -1.74. The van der Waals surface area contributed by atoms with Crippen LogP contribution in [0, 0.1) is 5.41 Å². The molecular formula is C16H32O3Si. The third kappa shape index (κ3) is 4.07. The maximum Gasteiger partial charge on any atom is 0.305 e. The number of hydrogen-bond donors (Lipinski definition) is 0. The topological polar surface area (TPSA) is 35.5 Å². The lowest BCUT2D eigenvalue weighted by atomic mass is 9.82. The summed E-state index contributed by atoms with van der Waals surface area (Å²) in [5.41, 5.74) is 0.129. The molecule has 20 heavy (non-hydrogen) atoms. The second-order valence-corrected chi connectivity index (χ2v) is 12.7. The van der Waals surface area contributed by atoms with Crippen LogP contribution in [0.2, 0.25) is 18.1 Å². The minimum Gasteiger partial charge on any atom is -0.469 e. The standard InChI is InChI=1S/C16H32O3Si/c1-15(2,3)20(6,7)19-13-9-8-11-16(13,4)12-10-14(17)18-5/h13H,8-12H2,1-7H3/t13?,16-/m1/s1. The van der Waals surface area contributed by atoms with Crippen molar-refractivity contribution in [1.29, 1.82) is 0 Å². The van der Waals surface area contributed by atoms with E-state index in [1.807, 2.05) is 0 Å². The normalized spacial score (nSPS) is 27.6. The van der Waals surface area contributed by atoms with Gasteiger partial charge in [-0.25, -0.2) is 0 Å². The summed E-state index contributed by atoms with van der Waals surface area (Å²) in [4.78, 5) is 11.4. The molecule has 2 atom stereocenters. The molecule has 118 valence electrons. The average Bonchev–Trinajstić information content (AvgIpc) is 2.66. The highest BCUT2D eigenvalue weighted by molar-refractivity contribution is 6.74. The zero-order chi connectivity index (χ0) is 15.6. The molecule has 1 fully saturated rings. The van der Waals surface area contributed by atoms with Gasteiger partial charge in [0.1, 0.15) is 0 Å². The highest BCUT2D eigenvalue weighted by Gasteiger charge is 2.46. The van der Waals surface area contributed by atoms with E-state index in [9.17, 15) is 4.79 Å². The third-order valence-electron chi connectivity index (χ3n) is 5.36. The van der Waals surface area contributed by atoms with Gasteiger partial charge in [-0.2, -0.15) is 0 Å². The second kappa shape index (κ2) is 6.18. The van der Waals surface area contributed by atoms with Crippen molar-refractivity contribution in [2.45, 2.75) is 84.0 Å². The van der Waals surface area contributed by atoms with E-state index in [1.54, 1.807) is 0 Å². The van der Waals surface area contributed by atoms with Crippen LogP contribution >= 0.6 is 0 Å². The van der Waals surface area contributed by atoms with Crippen molar-refractivity contribution in [2.75, 3.05) is 7.11 Å². The van der Waals surface area contributed by atoms with Gasteiger partial charge < -0.3 is 9.16 Å². The van der Waals surface area contributed by atoms with E-state index in [4.69, 9.17) is 9.16 Å². The Morgan fingerprint density at radius 3 is 2.45 bits per heavy atom. The van der Waals surface area contributed by atoms with Crippen molar-refractivity contribution in [3.63, 3.8) is 0 Å². The molecule has 0 heterocycles. The lowest BCUT2D eigenvalue weighted by molar-refractivity contribution is -0.141. The van der Waals surface area contributed by atoms with Gasteiger partial charge in [0.25, 0.3) is 0 Å². The Hall–Kier alpha value is -0.353. The summed E-state index contributed by atoms with van der Waals surface area (Å²) in [6.45, 7) is 13.7. The summed E-state index contributed by atoms with van der Waals surface area (Å²) in [6.07, 6.45) is 5.17. The maximum absolute atomic E-state index is 11.4. The number of carbonyl (C=O) groups is 1. The van der Waals surface area contributed by atoms with Crippen LogP contribution in [0.25, 0.3) is 0 Å². The highest BCUT2D eigenvalue weighted by atomic mass is 28.4. The van der Waals surface area contributed by atoms with Gasteiger partial charge in [0.15, 0.2) is 8.32 Å². The predicted molar refractivity (Wildman–Crippen MR) is 85.3 cm³/mol. The molecule has 0 aliphatic heterocycles. The van der Waals surface area contributed by atoms with Gasteiger partial charge in [-0.1, -0.05) is 34.1 Å². The van der Waals surface area contributed by atoms with Crippen molar-refractivity contribution in [3.05, 3.63) is 0 Å². The maximum atomic E-state index is 11.4. The zero-order valence-corrected chi connectivity index (χ0v) is 15.3. The van der Waals surface area contributed by atoms with Crippen molar-refractivity contribution in [3.8, 4) is 0 Å². The first-order chi connectivity index (χ1) is 9.02. The van der Waals surface area contributed by atoms with Gasteiger partial charge in [0, 0.05) is 6.42 Å². The van der Waals surface area contributed by atoms with Crippen molar-refractivity contribution >= 4 is 14.3 Å². The van der Waals surface area contributed by atoms with Crippen LogP contribution in [-0.2, 0) is 14.0 Å². The van der Waals surface area contributed by atoms with Gasteiger partial charge in [0.05, 0.1) is 13.2 Å². The van der Waals surface area contributed by atoms with Crippen LogP contribution < -0.4 is 0 Å². The quantitative estimate of drug-likeness (QED) is 0.553. The number of esters is 1. The number of ether oxygens (including phenoxy) is 1. The summed E-state index contributed by atoms with van der Waals surface area (Å²) >= 11 is 0. The molecule has 0 spiro atoms. The van der Waals surface area contributed by atoms with Crippen LogP contribution in [0.5, 0.6) is 0 Å². The van der Waals surface area contributed by atoms with Crippen molar-refractivity contribution < 1.29 is 14.0 Å². The zero-order valence-electron chi connectivity index (χ0n) is 14.3. The summed E-state index contributed by atoms with van der Waals surface area (Å²) in [5, 5.41) is 0.235. The molecule has 3 nitrogen and oxygen atoms in total. The second-order valence-electron chi connectivity index (χ2n) is 7.99. The summed E-state index contributed by atoms with van der Waals surface area (Å²) in [7, 11) is -0.278. The van der Waals surface area contributed by atoms with Gasteiger partial charge in [-0.3, -0.25) is 4.79 Å². The van der Waals surface area contributed by atoms with E-state index >= 15 is 0 Å². The molecular weight excluding hydrogens is 268 g/mol. The molecule has 1 saturated carbocycles. The number of methoxy groups -OCH3 is 1. The molecule has 0 aromatic rings. The lowest BCUT2D eigenvalue weighted by Gasteiger charge is -2.43. The fourth-order valence-corrected chi connectivity index (χ4v) is 4.18. The molecule has 4 heteroatoms. The largest absolute Gasteiger partial charge is 0.469 e. The first kappa shape index (κ1) is 17.7. The van der Waals surface area contributed by atoms with Crippen LogP contribution in [0.15, 0.2) is 0 Å². The van der Waals surface area contributed by atoms with Gasteiger partial charge in [-0.05, 0) is 42.8 Å². The third-order valence-corrected chi connectivity index (χ3v) is 9.85. The Bertz CT molecular complexity index is 346. The molecule has 0 N–H and O–H groups in total. The molecule has 0 aromatic heterocycles. The lowest BCUT2D eigenvalue weighted by Crippen LogP contribution is -2.47. The number of hydrogen-bond acceptors (Lipinski definition) is 3. The van der Waals surface area contributed by atoms with Crippen LogP contribution in [0.3, 0.4) is 0 Å². The van der Waals surface area contributed by atoms with E-state index in [0.29, 0.717) is 12.5 Å². The molecule has 1 rings (SSSR count). The van der Waals surface area contributed by atoms with Crippen LogP contribution in [0.4, 0.5) is 0 Å². The van der Waals surface area contributed by atoms with E-state index in [0.717, 1.165) is 19.3 Å². The molecule has 1 unspecified atom stereocenters. The van der Waals surface area contributed by atoms with Crippen molar-refractivity contribution in [1.82, 2.24) is 0 Å². The molecule has 0 saturated heterocycles. The first-order valence-corrected chi connectivity index (χ1v) is 10.7. The monoisotopic (exact) mass is 300 g/mol. The van der Waals surface area contributed by atoms with E-state index in [1.165, 1.54) is 13.5 Å². The van der Waals surface area contributed by atoms with Gasteiger partial charge >= 0.3 is 5.97 Å². The molecule has 1 aliphatic rings. The van der Waals surface area contributed by atoms with Crippen molar-refractivity contribution in [2.24, 2.45) is 5.41 Å². The Morgan fingerprint density at radius 1 is 1.35 bits per heavy atom. The van der Waals surface area contributed by atoms with Gasteiger partial charge in [-0.15, -0.1) is 0 Å². The van der Waals surface area contributed by atoms with E-state index < -0.39 is 8.32 Å². The molecule has 0 aromatic carbocycles. The molecule has 1 aliphatic carbocycles. The Balaban J connectivity index is 2.71. The summed E-state index contributed by atoms with van der Waals surface area (Å²) in [6, 6.07) is 0. The van der Waals surface area contributed by atoms with E-state index in [-0.39, 0.29) is 16.4 Å². The van der Waals surface area contributed by atoms with Crippen LogP contribution in [0.1, 0.15) is 59.8 Å². The molecule has 0 bridgehead atoms. The Kier molecular flexibility index (Phi) is 5.47. The van der Waals surface area contributed by atoms with E-state index in [2.05, 4.69) is 40.8 Å². The SMILES string of the molecule is COC(=O)CC[C@@]1(C)CCCC1O[Si](C)(C)C(C)(C)C. The molecule has 0 amide bonds. The van der Waals surface area contributed by atoms with Crippen LogP contribution in [-0.4, -0.2) is 27.5 Å². The summed E-state index contributed by atoms with van der Waals surface area (Å²) < 4.78 is 11.4. The average molecular weight is 301 g/mol. The smallest absolute Gasteiger partial charge is 0.305 e.